The van der Waals surface area contributed by atoms with Gasteiger partial charge in [-0.05, 0) is 112 Å². The number of aromatic nitrogens is 5. The van der Waals surface area contributed by atoms with Crippen LogP contribution in [0, 0.1) is 6.92 Å². The van der Waals surface area contributed by atoms with E-state index in [2.05, 4.69) is 294 Å². The molecule has 367 valence electrons. The maximum absolute atomic E-state index is 5.87. The van der Waals surface area contributed by atoms with Crippen molar-refractivity contribution in [3.05, 3.63) is 277 Å². The van der Waals surface area contributed by atoms with Gasteiger partial charge in [0.05, 0.1) is 28.1 Å². The van der Waals surface area contributed by atoms with Crippen LogP contribution < -0.4 is 13.1 Å². The largest absolute Gasteiger partial charge is 0.363 e. The summed E-state index contributed by atoms with van der Waals surface area (Å²) in [4.78, 5) is 25.4. The fourth-order valence-electron chi connectivity index (χ4n) is 11.0. The Balaban J connectivity index is 1.10. The lowest BCUT2D eigenvalue weighted by Crippen LogP contribution is -2.74. The zero-order valence-corrected chi connectivity index (χ0v) is 44.4. The lowest BCUT2D eigenvalue weighted by atomic mass is 9.80. The quantitative estimate of drug-likeness (QED) is 0.120. The predicted molar refractivity (Wildman–Crippen MR) is 318 cm³/mol. The van der Waals surface area contributed by atoms with Gasteiger partial charge in [-0.1, -0.05) is 213 Å². The third-order valence-electron chi connectivity index (χ3n) is 14.8. The zero-order chi connectivity index (χ0) is 51.2. The van der Waals surface area contributed by atoms with Crippen LogP contribution in [-0.4, -0.2) is 33.6 Å². The van der Waals surface area contributed by atoms with Gasteiger partial charge in [0.1, 0.15) is 5.82 Å². The number of aryl methyl sites for hydroxylation is 1. The van der Waals surface area contributed by atoms with E-state index >= 15 is 0 Å². The molecule has 3 aromatic heterocycles. The van der Waals surface area contributed by atoms with Gasteiger partial charge in [-0.3, -0.25) is 12.5 Å². The number of rotatable bonds is 11. The second kappa shape index (κ2) is 19.4. The number of allylic oxidation sites excluding steroid dienone is 5. The average Bonchev–Trinajstić information content (AvgIpc) is 3.91. The molecule has 1 aliphatic carbocycles. The van der Waals surface area contributed by atoms with Crippen molar-refractivity contribution in [1.82, 2.24) is 24.5 Å². The lowest BCUT2D eigenvalue weighted by Gasteiger charge is -2.68. The Hall–Kier alpha value is -8.89. The topological polar surface area (TPSA) is 63.0 Å². The maximum atomic E-state index is 5.87. The first-order chi connectivity index (χ1) is 37.4. The molecule has 13 rings (SSSR count). The highest BCUT2D eigenvalue weighted by Crippen LogP contribution is 2.75. The number of fused-ring (bicyclic) bond motifs is 3. The Morgan fingerprint density at radius 1 is 0.553 bits per heavy atom. The standard InChI is InChI=1S/C67H54N7SSi/c1-48-27-17-18-36-55(48)57-38-20-19-37-56(57)49(2)45-51-46-60(50-28-9-4-10-29-50)69-65(68-51)73-75(52-30-11-5-12-31-52,53-32-13-6-14-33-53)74(76(73)54-34-15-7-16-35-54)66-70-63(67(3)43-25-8-26-44-67)47-64(71-66)72-61-41-23-21-39-58(61)59-40-22-24-42-62(59)72/h4-43,45-47H,44H2,1-3H3/b49-45-. The van der Waals surface area contributed by atoms with Crippen LogP contribution in [0.4, 0.5) is 11.9 Å². The highest BCUT2D eigenvalue weighted by Gasteiger charge is 2.63. The predicted octanol–water partition coefficient (Wildman–Crippen LogP) is 15.8. The van der Waals surface area contributed by atoms with Crippen LogP contribution in [0.3, 0.4) is 0 Å². The van der Waals surface area contributed by atoms with E-state index in [9.17, 15) is 0 Å². The van der Waals surface area contributed by atoms with Gasteiger partial charge < -0.3 is 0 Å². The molecule has 11 aromatic rings. The summed E-state index contributed by atoms with van der Waals surface area (Å²) in [6.45, 7) is 6.68. The van der Waals surface area contributed by atoms with Gasteiger partial charge in [-0.2, -0.15) is 4.98 Å². The van der Waals surface area contributed by atoms with Crippen LogP contribution in [0.2, 0.25) is 0 Å². The highest BCUT2D eigenvalue weighted by molar-refractivity contribution is 8.40. The van der Waals surface area contributed by atoms with Gasteiger partial charge in [0.15, 0.2) is 0 Å². The third-order valence-corrected chi connectivity index (χ3v) is 22.6. The minimum Gasteiger partial charge on any atom is -0.294 e. The Kier molecular flexibility index (Phi) is 12.0. The summed E-state index contributed by atoms with van der Waals surface area (Å²) in [6.07, 6.45) is 11.9. The summed E-state index contributed by atoms with van der Waals surface area (Å²) in [5.41, 5.74) is 11.3. The summed E-state index contributed by atoms with van der Waals surface area (Å²) >= 11 is 0. The summed E-state index contributed by atoms with van der Waals surface area (Å²) in [7, 11) is -4.61. The van der Waals surface area contributed by atoms with Crippen molar-refractivity contribution in [3.63, 3.8) is 0 Å². The molecule has 0 N–H and O–H groups in total. The van der Waals surface area contributed by atoms with Crippen LogP contribution in [-0.2, 0) is 5.41 Å². The highest BCUT2D eigenvalue weighted by atomic mass is 32.3. The molecule has 8 aromatic carbocycles. The van der Waals surface area contributed by atoms with Crippen LogP contribution in [0.25, 0.3) is 61.7 Å². The normalized spacial score (nSPS) is 16.8. The fraction of sp³-hybridized carbons (Fsp3) is 0.0746. The Morgan fingerprint density at radius 3 is 1.74 bits per heavy atom. The summed E-state index contributed by atoms with van der Waals surface area (Å²) in [5, 5.41) is 3.52. The van der Waals surface area contributed by atoms with E-state index in [0.717, 1.165) is 72.0 Å². The van der Waals surface area contributed by atoms with Crippen molar-refractivity contribution in [2.24, 2.45) is 0 Å². The third kappa shape index (κ3) is 7.98. The van der Waals surface area contributed by atoms with Crippen molar-refractivity contribution in [2.75, 3.05) is 7.94 Å². The van der Waals surface area contributed by atoms with Crippen molar-refractivity contribution >= 4 is 70.1 Å². The molecular formula is C67H54N7SSi. The number of hydrogen-bond acceptors (Lipinski definition) is 6. The average molecular weight is 1020 g/mol. The van der Waals surface area contributed by atoms with Gasteiger partial charge >= 0.3 is 9.12 Å². The molecule has 9 heteroatoms. The monoisotopic (exact) mass is 1020 g/mol. The molecule has 0 amide bonds. The van der Waals surface area contributed by atoms with Crippen molar-refractivity contribution in [1.29, 1.82) is 0 Å². The molecular weight excluding hydrogens is 963 g/mol. The number of nitrogens with zero attached hydrogens (tertiary/aromatic N) is 7. The van der Waals surface area contributed by atoms with Gasteiger partial charge in [-0.15, -0.1) is 0 Å². The van der Waals surface area contributed by atoms with E-state index in [-0.39, 0.29) is 0 Å². The van der Waals surface area contributed by atoms with E-state index in [0.29, 0.717) is 11.9 Å². The molecule has 1 fully saturated rings. The first kappa shape index (κ1) is 46.9. The van der Waals surface area contributed by atoms with Crippen LogP contribution in [0.1, 0.15) is 42.8 Å². The molecule has 0 saturated carbocycles. The minimum atomic E-state index is -2.52. The fourth-order valence-corrected chi connectivity index (χ4v) is 20.1. The number of hydrogen-bond donors (Lipinski definition) is 0. The molecule has 1 atom stereocenters. The SMILES string of the molecule is C/C(=C/c1cc(-c2ccccc2)nc(N2[Si](c3ccccc3)N(c3nc(-n4c5ccccc5c5ccccc54)cc(C4(C)C=CC=CC4)n3)S2(c2ccccc2)c2ccccc2)n1)c1ccccc1-c1ccccc1C. The molecule has 0 spiro atoms. The zero-order valence-electron chi connectivity index (χ0n) is 42.6. The first-order valence-electron chi connectivity index (χ1n) is 25.9. The van der Waals surface area contributed by atoms with Crippen molar-refractivity contribution in [3.8, 4) is 28.2 Å². The van der Waals surface area contributed by atoms with E-state index in [1.807, 2.05) is 0 Å². The smallest absolute Gasteiger partial charge is 0.294 e. The summed E-state index contributed by atoms with van der Waals surface area (Å²) in [6, 6.07) is 82.4. The minimum absolute atomic E-state index is 0.411. The van der Waals surface area contributed by atoms with Gasteiger partial charge in [0.2, 0.25) is 11.9 Å². The molecule has 1 unspecified atom stereocenters. The Bertz CT molecular complexity index is 3950. The summed E-state index contributed by atoms with van der Waals surface area (Å²) < 4.78 is 7.55. The van der Waals surface area contributed by atoms with Gasteiger partial charge in [0, 0.05) is 37.6 Å². The van der Waals surface area contributed by atoms with Crippen molar-refractivity contribution < 1.29 is 0 Å². The van der Waals surface area contributed by atoms with E-state index in [4.69, 9.17) is 19.9 Å². The Morgan fingerprint density at radius 2 is 1.11 bits per heavy atom. The lowest BCUT2D eigenvalue weighted by molar-refractivity contribution is 0.577. The van der Waals surface area contributed by atoms with Crippen molar-refractivity contribution in [2.45, 2.75) is 42.4 Å². The van der Waals surface area contributed by atoms with Crippen LogP contribution in [0.15, 0.2) is 265 Å². The first-order valence-corrected chi connectivity index (χ1v) is 28.8. The van der Waals surface area contributed by atoms with Gasteiger partial charge in [-0.25, -0.2) is 15.0 Å². The summed E-state index contributed by atoms with van der Waals surface area (Å²) in [5.74, 6) is 2.13. The molecule has 7 nitrogen and oxygen atoms in total. The molecule has 2 aliphatic rings. The Labute approximate surface area is 447 Å². The number of anilines is 2. The van der Waals surface area contributed by atoms with Crippen LogP contribution in [0.5, 0.6) is 0 Å². The molecule has 1 saturated heterocycles. The van der Waals surface area contributed by atoms with E-state index in [1.54, 1.807) is 0 Å². The number of para-hydroxylation sites is 2. The van der Waals surface area contributed by atoms with E-state index < -0.39 is 24.9 Å². The molecule has 0 bridgehead atoms. The van der Waals surface area contributed by atoms with Gasteiger partial charge in [0.25, 0.3) is 0 Å². The second-order valence-corrected chi connectivity index (χ2v) is 25.2. The maximum Gasteiger partial charge on any atom is 0.363 e. The molecule has 1 aliphatic heterocycles. The molecule has 1 radical (unpaired) electrons. The van der Waals surface area contributed by atoms with Crippen LogP contribution >= 0.6 is 10.4 Å². The van der Waals surface area contributed by atoms with E-state index in [1.165, 1.54) is 27.5 Å². The molecule has 4 heterocycles. The molecule has 76 heavy (non-hydrogen) atoms. The number of benzene rings is 8. The second-order valence-electron chi connectivity index (χ2n) is 19.7.